The second-order valence-electron chi connectivity index (χ2n) is 4.89. The number of hydrogen-bond donors (Lipinski definition) is 1. The van der Waals surface area contributed by atoms with Crippen molar-refractivity contribution in [3.8, 4) is 0 Å². The monoisotopic (exact) mass is 187 g/mol. The number of nitrogens with one attached hydrogen (secondary N) is 1. The molecule has 2 aliphatic heterocycles. The molecule has 3 aliphatic rings. The number of hydrogen-bond acceptors (Lipinski definition) is 1. The highest BCUT2D eigenvalue weighted by molar-refractivity contribution is 5.32. The van der Waals surface area contributed by atoms with Gasteiger partial charge in [-0.05, 0) is 38.2 Å². The van der Waals surface area contributed by atoms with Crippen LogP contribution in [0.15, 0.2) is 24.3 Å². The molecule has 1 aromatic carbocycles. The molecule has 2 atom stereocenters. The van der Waals surface area contributed by atoms with Gasteiger partial charge in [0.25, 0.3) is 0 Å². The summed E-state index contributed by atoms with van der Waals surface area (Å²) in [5.41, 5.74) is 3.25. The average molecular weight is 187 g/mol. The highest BCUT2D eigenvalue weighted by Gasteiger charge is 2.47. The highest BCUT2D eigenvalue weighted by atomic mass is 15.1. The average Bonchev–Trinajstić information content (AvgIpc) is 2.17. The summed E-state index contributed by atoms with van der Waals surface area (Å²) < 4.78 is 0. The van der Waals surface area contributed by atoms with Gasteiger partial charge in [0.1, 0.15) is 0 Å². The van der Waals surface area contributed by atoms with Crippen LogP contribution in [0.25, 0.3) is 0 Å². The molecule has 2 saturated heterocycles. The van der Waals surface area contributed by atoms with E-state index in [0.717, 1.165) is 6.04 Å². The minimum Gasteiger partial charge on any atom is -0.304 e. The van der Waals surface area contributed by atoms with E-state index in [9.17, 15) is 0 Å². The molecule has 3 fully saturated rings. The fourth-order valence-corrected chi connectivity index (χ4v) is 3.08. The molecule has 0 radical (unpaired) electrons. The van der Waals surface area contributed by atoms with Gasteiger partial charge in [0.05, 0.1) is 0 Å². The van der Waals surface area contributed by atoms with Crippen molar-refractivity contribution in [1.82, 2.24) is 5.32 Å². The number of rotatable bonds is 1. The predicted molar refractivity (Wildman–Crippen MR) is 58.2 cm³/mol. The van der Waals surface area contributed by atoms with Gasteiger partial charge in [0.15, 0.2) is 0 Å². The highest BCUT2D eigenvalue weighted by Crippen LogP contribution is 2.45. The summed E-state index contributed by atoms with van der Waals surface area (Å²) in [4.78, 5) is 0. The summed E-state index contributed by atoms with van der Waals surface area (Å²) in [6.07, 6.45) is 5.46. The summed E-state index contributed by atoms with van der Waals surface area (Å²) in [5, 5.41) is 3.74. The zero-order valence-corrected chi connectivity index (χ0v) is 8.72. The van der Waals surface area contributed by atoms with Crippen LogP contribution in [0.4, 0.5) is 0 Å². The summed E-state index contributed by atoms with van der Waals surface area (Å²) >= 11 is 0. The van der Waals surface area contributed by atoms with Gasteiger partial charge >= 0.3 is 0 Å². The van der Waals surface area contributed by atoms with Gasteiger partial charge in [-0.15, -0.1) is 0 Å². The van der Waals surface area contributed by atoms with E-state index in [1.807, 2.05) is 0 Å². The van der Waals surface area contributed by atoms with E-state index in [2.05, 4.69) is 36.5 Å². The van der Waals surface area contributed by atoms with Gasteiger partial charge in [-0.1, -0.05) is 29.8 Å². The molecule has 4 rings (SSSR count). The zero-order chi connectivity index (χ0) is 9.60. The Labute approximate surface area is 85.5 Å². The van der Waals surface area contributed by atoms with Gasteiger partial charge in [-0.2, -0.15) is 0 Å². The molecule has 1 heteroatoms. The lowest BCUT2D eigenvalue weighted by atomic mass is 9.67. The first-order valence-electron chi connectivity index (χ1n) is 5.63. The zero-order valence-electron chi connectivity index (χ0n) is 8.72. The number of fused-ring (bicyclic) bond motifs is 2. The molecule has 14 heavy (non-hydrogen) atoms. The van der Waals surface area contributed by atoms with Gasteiger partial charge in [-0.25, -0.2) is 0 Å². The molecule has 0 aromatic heterocycles. The van der Waals surface area contributed by atoms with Crippen LogP contribution in [0.3, 0.4) is 0 Å². The van der Waals surface area contributed by atoms with E-state index in [1.165, 1.54) is 36.8 Å². The van der Waals surface area contributed by atoms with Crippen molar-refractivity contribution in [2.45, 2.75) is 44.2 Å². The predicted octanol–water partition coefficient (Wildman–Crippen LogP) is 2.74. The Morgan fingerprint density at radius 2 is 2.29 bits per heavy atom. The Morgan fingerprint density at radius 3 is 2.93 bits per heavy atom. The fourth-order valence-electron chi connectivity index (χ4n) is 3.08. The van der Waals surface area contributed by atoms with E-state index in [0.29, 0.717) is 5.54 Å². The molecular formula is C13H17N. The third-order valence-electron chi connectivity index (χ3n) is 3.80. The Bertz CT molecular complexity index is 344. The third-order valence-corrected chi connectivity index (χ3v) is 3.80. The smallest absolute Gasteiger partial charge is 0.0451 e. The van der Waals surface area contributed by atoms with Gasteiger partial charge in [0, 0.05) is 11.6 Å². The molecule has 1 aromatic rings. The van der Waals surface area contributed by atoms with Crippen LogP contribution in [-0.2, 0) is 5.54 Å². The molecule has 74 valence electrons. The normalized spacial score (nSPS) is 35.1. The SMILES string of the molecule is Cc1cccc(C23CCCC(C2)N3)c1. The maximum absolute atomic E-state index is 3.74. The summed E-state index contributed by atoms with van der Waals surface area (Å²) in [5.74, 6) is 0. The second-order valence-corrected chi connectivity index (χ2v) is 4.89. The Hall–Kier alpha value is -0.820. The second kappa shape index (κ2) is 2.83. The topological polar surface area (TPSA) is 12.0 Å². The van der Waals surface area contributed by atoms with Crippen molar-refractivity contribution >= 4 is 0 Å². The number of piperidine rings is 1. The molecule has 0 amide bonds. The number of benzene rings is 1. The Morgan fingerprint density at radius 1 is 1.43 bits per heavy atom. The van der Waals surface area contributed by atoms with E-state index in [4.69, 9.17) is 0 Å². The van der Waals surface area contributed by atoms with Crippen molar-refractivity contribution in [2.75, 3.05) is 0 Å². The van der Waals surface area contributed by atoms with Crippen molar-refractivity contribution in [3.05, 3.63) is 35.4 Å². The van der Waals surface area contributed by atoms with Crippen LogP contribution in [0.2, 0.25) is 0 Å². The maximum Gasteiger partial charge on any atom is 0.0451 e. The molecule has 1 nitrogen and oxygen atoms in total. The Balaban J connectivity index is 1.95. The number of aryl methyl sites for hydroxylation is 1. The van der Waals surface area contributed by atoms with E-state index in [1.54, 1.807) is 0 Å². The molecule has 2 heterocycles. The maximum atomic E-state index is 3.74. The minimum atomic E-state index is 0.356. The van der Waals surface area contributed by atoms with E-state index < -0.39 is 0 Å². The Kier molecular flexibility index (Phi) is 1.72. The van der Waals surface area contributed by atoms with Crippen molar-refractivity contribution in [1.29, 1.82) is 0 Å². The van der Waals surface area contributed by atoms with E-state index in [-0.39, 0.29) is 0 Å². The fraction of sp³-hybridized carbons (Fsp3) is 0.538. The minimum absolute atomic E-state index is 0.356. The first-order chi connectivity index (χ1) is 6.78. The summed E-state index contributed by atoms with van der Waals surface area (Å²) in [6, 6.07) is 9.79. The lowest BCUT2D eigenvalue weighted by Gasteiger charge is -2.54. The molecule has 2 unspecified atom stereocenters. The van der Waals surface area contributed by atoms with Crippen LogP contribution in [-0.4, -0.2) is 6.04 Å². The molecule has 1 saturated carbocycles. The lowest BCUT2D eigenvalue weighted by molar-refractivity contribution is 0.0688. The van der Waals surface area contributed by atoms with Crippen molar-refractivity contribution < 1.29 is 0 Å². The van der Waals surface area contributed by atoms with Crippen LogP contribution in [0.5, 0.6) is 0 Å². The quantitative estimate of drug-likeness (QED) is 0.713. The first-order valence-corrected chi connectivity index (χ1v) is 5.63. The largest absolute Gasteiger partial charge is 0.304 e. The van der Waals surface area contributed by atoms with E-state index >= 15 is 0 Å². The third kappa shape index (κ3) is 1.12. The van der Waals surface area contributed by atoms with Crippen LogP contribution in [0, 0.1) is 6.92 Å². The van der Waals surface area contributed by atoms with Crippen LogP contribution < -0.4 is 5.32 Å². The molecule has 0 spiro atoms. The molecule has 1 N–H and O–H groups in total. The van der Waals surface area contributed by atoms with Crippen LogP contribution in [0.1, 0.15) is 36.8 Å². The van der Waals surface area contributed by atoms with Gasteiger partial charge in [0.2, 0.25) is 0 Å². The van der Waals surface area contributed by atoms with Gasteiger partial charge < -0.3 is 5.32 Å². The standard InChI is InChI=1S/C13H17N/c1-10-4-2-5-11(8-10)13-7-3-6-12(9-13)14-13/h2,4-5,8,12,14H,3,6-7,9H2,1H3. The summed E-state index contributed by atoms with van der Waals surface area (Å²) in [7, 11) is 0. The van der Waals surface area contributed by atoms with Gasteiger partial charge in [-0.3, -0.25) is 0 Å². The van der Waals surface area contributed by atoms with Crippen LogP contribution >= 0.6 is 0 Å². The summed E-state index contributed by atoms with van der Waals surface area (Å²) in [6.45, 7) is 2.18. The molecule has 2 bridgehead atoms. The lowest BCUT2D eigenvalue weighted by Crippen LogP contribution is -2.63. The molecular weight excluding hydrogens is 170 g/mol. The molecule has 1 aliphatic carbocycles. The van der Waals surface area contributed by atoms with Crippen molar-refractivity contribution in [3.63, 3.8) is 0 Å². The first kappa shape index (κ1) is 8.49. The van der Waals surface area contributed by atoms with Crippen molar-refractivity contribution in [2.24, 2.45) is 0 Å².